The molecule has 0 spiro atoms. The summed E-state index contributed by atoms with van der Waals surface area (Å²) in [6, 6.07) is 2.31. The second-order valence-electron chi connectivity index (χ2n) is 5.48. The highest BCUT2D eigenvalue weighted by Crippen LogP contribution is 2.36. The Bertz CT molecular complexity index is 466. The topological polar surface area (TPSA) is 70.6 Å². The number of nitrogens with zero attached hydrogens (tertiary/aromatic N) is 5. The Morgan fingerprint density at radius 1 is 1.30 bits per heavy atom. The van der Waals surface area contributed by atoms with Gasteiger partial charge in [-0.1, -0.05) is 13.3 Å². The van der Waals surface area contributed by atoms with Gasteiger partial charge in [-0.2, -0.15) is 0 Å². The van der Waals surface area contributed by atoms with Crippen LogP contribution < -0.4 is 10.6 Å². The van der Waals surface area contributed by atoms with Crippen LogP contribution in [0.2, 0.25) is 0 Å². The summed E-state index contributed by atoms with van der Waals surface area (Å²) in [5.74, 6) is 2.27. The number of aliphatic imine (C=N–C) groups is 1. The van der Waals surface area contributed by atoms with Crippen molar-refractivity contribution in [3.63, 3.8) is 0 Å². The van der Waals surface area contributed by atoms with E-state index in [1.807, 2.05) is 6.07 Å². The highest BCUT2D eigenvalue weighted by Gasteiger charge is 2.35. The average Bonchev–Trinajstić information content (AvgIpc) is 3.26. The lowest BCUT2D eigenvalue weighted by atomic mass is 10.3. The van der Waals surface area contributed by atoms with Crippen LogP contribution in [-0.2, 0) is 0 Å². The third-order valence-corrected chi connectivity index (χ3v) is 4.15. The van der Waals surface area contributed by atoms with Crippen molar-refractivity contribution in [1.29, 1.82) is 0 Å². The van der Waals surface area contributed by atoms with E-state index in [0.717, 1.165) is 38.0 Å². The second-order valence-corrected chi connectivity index (χ2v) is 5.48. The maximum Gasteiger partial charge on any atom is 0.225 e. The molecule has 1 aromatic rings. The summed E-state index contributed by atoms with van der Waals surface area (Å²) in [4.78, 5) is 17.6. The van der Waals surface area contributed by atoms with Gasteiger partial charge in [0, 0.05) is 38.6 Å². The monoisotopic (exact) mass is 274 g/mol. The van der Waals surface area contributed by atoms with Gasteiger partial charge in [0.15, 0.2) is 5.96 Å². The zero-order valence-corrected chi connectivity index (χ0v) is 11.9. The molecule has 2 aliphatic rings. The molecular weight excluding hydrogens is 252 g/mol. The van der Waals surface area contributed by atoms with Crippen molar-refractivity contribution in [3.8, 4) is 0 Å². The molecule has 2 heterocycles. The van der Waals surface area contributed by atoms with Crippen LogP contribution in [0.1, 0.15) is 19.8 Å². The summed E-state index contributed by atoms with van der Waals surface area (Å²) in [5, 5.41) is 0. The first-order chi connectivity index (χ1) is 9.78. The smallest absolute Gasteiger partial charge is 0.225 e. The van der Waals surface area contributed by atoms with Crippen LogP contribution in [-0.4, -0.2) is 53.0 Å². The molecule has 3 rings (SSSR count). The summed E-state index contributed by atoms with van der Waals surface area (Å²) in [7, 11) is 0. The van der Waals surface area contributed by atoms with Crippen LogP contribution in [0.15, 0.2) is 23.5 Å². The number of hydrogen-bond donors (Lipinski definition) is 1. The lowest BCUT2D eigenvalue weighted by Gasteiger charge is -2.35. The summed E-state index contributed by atoms with van der Waals surface area (Å²) in [6.07, 6.45) is 5.97. The zero-order valence-electron chi connectivity index (χ0n) is 11.9. The van der Waals surface area contributed by atoms with Crippen molar-refractivity contribution in [2.24, 2.45) is 16.6 Å². The highest BCUT2D eigenvalue weighted by atomic mass is 15.4. The van der Waals surface area contributed by atoms with Gasteiger partial charge in [0.1, 0.15) is 0 Å². The number of nitrogens with two attached hydrogens (primary N) is 1. The summed E-state index contributed by atoms with van der Waals surface area (Å²) < 4.78 is 0. The van der Waals surface area contributed by atoms with Crippen LogP contribution in [0, 0.1) is 5.92 Å². The molecule has 1 saturated carbocycles. The lowest BCUT2D eigenvalue weighted by Crippen LogP contribution is -2.51. The molecule has 0 radical (unpaired) electrons. The molecule has 2 N–H and O–H groups in total. The number of hydrogen-bond acceptors (Lipinski definition) is 4. The molecule has 1 aliphatic heterocycles. The predicted molar refractivity (Wildman–Crippen MR) is 79.6 cm³/mol. The van der Waals surface area contributed by atoms with Crippen molar-refractivity contribution < 1.29 is 0 Å². The molecule has 6 nitrogen and oxygen atoms in total. The van der Waals surface area contributed by atoms with Crippen molar-refractivity contribution in [2.75, 3.05) is 31.1 Å². The standard InChI is InChI=1S/C14H22N6/c1-2-11-10-12(11)18-13(15)19-6-8-20(9-7-19)14-16-4-3-5-17-14/h3-5,11-12H,2,6-10H2,1H3,(H2,15,18)/t11-,12-/m1/s1. The fraction of sp³-hybridized carbons (Fsp3) is 0.643. The first-order valence-electron chi connectivity index (χ1n) is 7.38. The SMILES string of the molecule is CC[C@@H]1C[C@H]1N=C(N)N1CCN(c2ncccn2)CC1. The minimum absolute atomic E-state index is 0.468. The van der Waals surface area contributed by atoms with Crippen LogP contribution in [0.4, 0.5) is 5.95 Å². The molecular formula is C14H22N6. The summed E-state index contributed by atoms with van der Waals surface area (Å²) in [6.45, 7) is 5.77. The molecule has 2 fully saturated rings. The van der Waals surface area contributed by atoms with E-state index in [9.17, 15) is 0 Å². The number of piperazine rings is 1. The van der Waals surface area contributed by atoms with Gasteiger partial charge in [0.2, 0.25) is 5.95 Å². The molecule has 6 heteroatoms. The van der Waals surface area contributed by atoms with Gasteiger partial charge in [-0.3, -0.25) is 0 Å². The minimum atomic E-state index is 0.468. The lowest BCUT2D eigenvalue weighted by molar-refractivity contribution is 0.377. The third kappa shape index (κ3) is 2.84. The molecule has 0 unspecified atom stereocenters. The number of rotatable bonds is 3. The normalized spacial score (nSPS) is 26.8. The number of anilines is 1. The molecule has 2 atom stereocenters. The van der Waals surface area contributed by atoms with Crippen LogP contribution in [0.25, 0.3) is 0 Å². The number of guanidine groups is 1. The Balaban J connectivity index is 1.54. The van der Waals surface area contributed by atoms with Crippen molar-refractivity contribution in [2.45, 2.75) is 25.8 Å². The molecule has 0 bridgehead atoms. The summed E-state index contributed by atoms with van der Waals surface area (Å²) >= 11 is 0. The van der Waals surface area contributed by atoms with E-state index < -0.39 is 0 Å². The Hall–Kier alpha value is -1.85. The maximum absolute atomic E-state index is 6.12. The first-order valence-corrected chi connectivity index (χ1v) is 7.38. The summed E-state index contributed by atoms with van der Waals surface area (Å²) in [5.41, 5.74) is 6.12. The van der Waals surface area contributed by atoms with E-state index >= 15 is 0 Å². The molecule has 0 amide bonds. The van der Waals surface area contributed by atoms with Gasteiger partial charge in [-0.05, 0) is 18.4 Å². The molecule has 108 valence electrons. The Kier molecular flexibility index (Phi) is 3.71. The Morgan fingerprint density at radius 2 is 2.00 bits per heavy atom. The van der Waals surface area contributed by atoms with Crippen LogP contribution >= 0.6 is 0 Å². The maximum atomic E-state index is 6.12. The Labute approximate surface area is 119 Å². The van der Waals surface area contributed by atoms with Gasteiger partial charge in [-0.25, -0.2) is 15.0 Å². The average molecular weight is 274 g/mol. The number of aromatic nitrogens is 2. The van der Waals surface area contributed by atoms with E-state index in [1.54, 1.807) is 12.4 Å². The van der Waals surface area contributed by atoms with Crippen molar-refractivity contribution in [1.82, 2.24) is 14.9 Å². The van der Waals surface area contributed by atoms with Gasteiger partial charge >= 0.3 is 0 Å². The second kappa shape index (κ2) is 5.64. The van der Waals surface area contributed by atoms with E-state index in [-0.39, 0.29) is 0 Å². The highest BCUT2D eigenvalue weighted by molar-refractivity contribution is 5.78. The predicted octanol–water partition coefficient (Wildman–Crippen LogP) is 0.712. The quantitative estimate of drug-likeness (QED) is 0.649. The van der Waals surface area contributed by atoms with Gasteiger partial charge in [0.25, 0.3) is 0 Å². The molecule has 1 aliphatic carbocycles. The van der Waals surface area contributed by atoms with Gasteiger partial charge < -0.3 is 15.5 Å². The molecule has 0 aromatic carbocycles. The fourth-order valence-corrected chi connectivity index (χ4v) is 2.67. The van der Waals surface area contributed by atoms with E-state index in [1.165, 1.54) is 12.8 Å². The molecule has 1 saturated heterocycles. The fourth-order valence-electron chi connectivity index (χ4n) is 2.67. The van der Waals surface area contributed by atoms with E-state index in [4.69, 9.17) is 5.73 Å². The Morgan fingerprint density at radius 3 is 2.60 bits per heavy atom. The largest absolute Gasteiger partial charge is 0.370 e. The third-order valence-electron chi connectivity index (χ3n) is 4.15. The van der Waals surface area contributed by atoms with Gasteiger partial charge in [-0.15, -0.1) is 0 Å². The minimum Gasteiger partial charge on any atom is -0.370 e. The molecule has 1 aromatic heterocycles. The zero-order chi connectivity index (χ0) is 13.9. The van der Waals surface area contributed by atoms with Crippen LogP contribution in [0.3, 0.4) is 0 Å². The van der Waals surface area contributed by atoms with E-state index in [0.29, 0.717) is 12.0 Å². The van der Waals surface area contributed by atoms with Crippen molar-refractivity contribution >= 4 is 11.9 Å². The van der Waals surface area contributed by atoms with Crippen LogP contribution in [0.5, 0.6) is 0 Å². The van der Waals surface area contributed by atoms with E-state index in [2.05, 4.69) is 31.7 Å². The first kappa shape index (κ1) is 13.1. The molecule has 20 heavy (non-hydrogen) atoms. The van der Waals surface area contributed by atoms with Gasteiger partial charge in [0.05, 0.1) is 6.04 Å². The van der Waals surface area contributed by atoms with Crippen molar-refractivity contribution in [3.05, 3.63) is 18.5 Å².